The van der Waals surface area contributed by atoms with Crippen LogP contribution < -0.4 is 5.32 Å². The van der Waals surface area contributed by atoms with Crippen molar-refractivity contribution < 1.29 is 0 Å². The fraction of sp³-hybridized carbons (Fsp3) is 0.444. The van der Waals surface area contributed by atoms with Crippen molar-refractivity contribution in [3.8, 4) is 0 Å². The smallest absolute Gasteiger partial charge is 0.173 e. The van der Waals surface area contributed by atoms with Crippen molar-refractivity contribution in [3.63, 3.8) is 0 Å². The second kappa shape index (κ2) is 8.74. The Hall–Kier alpha value is -2.39. The molecular formula is C18H25ClN8S. The Morgan fingerprint density at radius 1 is 1.14 bits per heavy atom. The normalized spacial score (nSPS) is 11.0. The van der Waals surface area contributed by atoms with Crippen molar-refractivity contribution in [1.29, 1.82) is 0 Å². The molecule has 0 aliphatic heterocycles. The van der Waals surface area contributed by atoms with E-state index in [1.165, 1.54) is 0 Å². The van der Waals surface area contributed by atoms with Crippen LogP contribution in [0.3, 0.4) is 0 Å². The zero-order chi connectivity index (χ0) is 20.3. The minimum Gasteiger partial charge on any atom is -0.346 e. The van der Waals surface area contributed by atoms with Gasteiger partial charge in [-0.05, 0) is 33.0 Å². The second-order valence-electron chi connectivity index (χ2n) is 6.54. The van der Waals surface area contributed by atoms with Crippen LogP contribution in [0, 0.1) is 6.92 Å². The van der Waals surface area contributed by atoms with Crippen molar-refractivity contribution >= 4 is 34.6 Å². The molecule has 0 saturated heterocycles. The van der Waals surface area contributed by atoms with E-state index >= 15 is 0 Å². The van der Waals surface area contributed by atoms with E-state index in [0.29, 0.717) is 23.2 Å². The van der Waals surface area contributed by atoms with E-state index < -0.39 is 0 Å². The molecule has 28 heavy (non-hydrogen) atoms. The lowest BCUT2D eigenvalue weighted by Crippen LogP contribution is -2.31. The molecule has 3 rings (SSSR count). The van der Waals surface area contributed by atoms with Gasteiger partial charge in [0.1, 0.15) is 0 Å². The third kappa shape index (κ3) is 4.36. The number of hydrogen-bond donors (Lipinski definition) is 1. The highest BCUT2D eigenvalue weighted by molar-refractivity contribution is 7.80. The summed E-state index contributed by atoms with van der Waals surface area (Å²) < 4.78 is 5.73. The summed E-state index contributed by atoms with van der Waals surface area (Å²) >= 11 is 11.8. The maximum Gasteiger partial charge on any atom is 0.173 e. The second-order valence-corrected chi connectivity index (χ2v) is 7.33. The molecule has 0 radical (unpaired) electrons. The van der Waals surface area contributed by atoms with Crippen LogP contribution in [0.1, 0.15) is 30.8 Å². The summed E-state index contributed by atoms with van der Waals surface area (Å²) in [6.07, 6.45) is 7.26. The highest BCUT2D eigenvalue weighted by Crippen LogP contribution is 2.18. The maximum absolute atomic E-state index is 6.24. The molecule has 0 spiro atoms. The summed E-state index contributed by atoms with van der Waals surface area (Å²) in [5.74, 6) is 0. The molecule has 0 unspecified atom stereocenters. The van der Waals surface area contributed by atoms with Crippen LogP contribution in [0.15, 0.2) is 24.8 Å². The highest BCUT2D eigenvalue weighted by atomic mass is 35.5. The van der Waals surface area contributed by atoms with E-state index in [4.69, 9.17) is 23.8 Å². The largest absolute Gasteiger partial charge is 0.346 e. The van der Waals surface area contributed by atoms with Crippen molar-refractivity contribution in [2.24, 2.45) is 0 Å². The lowest BCUT2D eigenvalue weighted by molar-refractivity contribution is 0.471. The van der Waals surface area contributed by atoms with Crippen molar-refractivity contribution in [3.05, 3.63) is 46.8 Å². The summed E-state index contributed by atoms with van der Waals surface area (Å²) in [6.45, 7) is 9.05. The Morgan fingerprint density at radius 3 is 2.54 bits per heavy atom. The van der Waals surface area contributed by atoms with E-state index in [1.807, 2.05) is 45.3 Å². The van der Waals surface area contributed by atoms with Gasteiger partial charge in [-0.3, -0.25) is 14.0 Å². The first kappa shape index (κ1) is 20.3. The van der Waals surface area contributed by atoms with Crippen molar-refractivity contribution in [2.75, 3.05) is 12.4 Å². The lowest BCUT2D eigenvalue weighted by Gasteiger charge is -2.21. The summed E-state index contributed by atoms with van der Waals surface area (Å²) in [5.41, 5.74) is 4.09. The zero-order valence-corrected chi connectivity index (χ0v) is 18.1. The van der Waals surface area contributed by atoms with E-state index in [9.17, 15) is 0 Å². The fourth-order valence-corrected chi connectivity index (χ4v) is 3.36. The van der Waals surface area contributed by atoms with Gasteiger partial charge in [-0.25, -0.2) is 0 Å². The molecule has 3 aromatic rings. The van der Waals surface area contributed by atoms with Gasteiger partial charge in [-0.1, -0.05) is 11.6 Å². The number of nitrogens with one attached hydrogen (secondary N) is 1. The maximum atomic E-state index is 6.24. The van der Waals surface area contributed by atoms with Crippen LogP contribution in [-0.4, -0.2) is 46.4 Å². The van der Waals surface area contributed by atoms with Crippen LogP contribution in [-0.2, 0) is 26.2 Å². The first-order valence-corrected chi connectivity index (χ1v) is 9.97. The average Bonchev–Trinajstić information content (AvgIpc) is 3.36. The highest BCUT2D eigenvalue weighted by Gasteiger charge is 2.14. The third-order valence-electron chi connectivity index (χ3n) is 4.65. The Morgan fingerprint density at radius 2 is 1.86 bits per heavy atom. The van der Waals surface area contributed by atoms with Crippen LogP contribution in [0.5, 0.6) is 0 Å². The Balaban J connectivity index is 1.61. The molecule has 0 atom stereocenters. The molecule has 10 heteroatoms. The third-order valence-corrected chi connectivity index (χ3v) is 5.38. The molecule has 8 nitrogen and oxygen atoms in total. The predicted molar refractivity (Wildman–Crippen MR) is 115 cm³/mol. The number of thiocarbonyl (C=S) groups is 1. The Bertz CT molecular complexity index is 957. The summed E-state index contributed by atoms with van der Waals surface area (Å²) in [6, 6.07) is 0. The van der Waals surface area contributed by atoms with Gasteiger partial charge in [0.05, 0.1) is 48.1 Å². The fourth-order valence-electron chi connectivity index (χ4n) is 2.98. The van der Waals surface area contributed by atoms with E-state index in [0.717, 1.165) is 35.7 Å². The van der Waals surface area contributed by atoms with Gasteiger partial charge in [0, 0.05) is 37.6 Å². The van der Waals surface area contributed by atoms with Gasteiger partial charge in [-0.2, -0.15) is 15.3 Å². The monoisotopic (exact) mass is 420 g/mol. The molecule has 1 N–H and O–H groups in total. The van der Waals surface area contributed by atoms with Gasteiger partial charge in [0.15, 0.2) is 5.11 Å². The summed E-state index contributed by atoms with van der Waals surface area (Å²) in [5, 5.41) is 17.5. The Kier molecular flexibility index (Phi) is 6.35. The quantitative estimate of drug-likeness (QED) is 0.592. The van der Waals surface area contributed by atoms with E-state index in [1.54, 1.807) is 12.4 Å². The number of rotatable bonds is 7. The molecule has 0 amide bonds. The minimum atomic E-state index is 0.571. The molecular weight excluding hydrogens is 396 g/mol. The topological polar surface area (TPSA) is 68.7 Å². The van der Waals surface area contributed by atoms with Gasteiger partial charge < -0.3 is 10.2 Å². The summed E-state index contributed by atoms with van der Waals surface area (Å²) in [4.78, 5) is 1.93. The molecule has 3 aromatic heterocycles. The Labute approximate surface area is 175 Å². The molecule has 0 aliphatic carbocycles. The number of aromatic nitrogens is 6. The number of hydrogen-bond acceptors (Lipinski definition) is 4. The average molecular weight is 421 g/mol. The molecule has 0 aromatic carbocycles. The number of aryl methyl sites for hydroxylation is 2. The van der Waals surface area contributed by atoms with Gasteiger partial charge in [0.2, 0.25) is 0 Å². The lowest BCUT2D eigenvalue weighted by atomic mass is 10.2. The standard InChI is InChI=1S/C18H25ClN8S/c1-5-26-13(3)14(7-21-26)10-25-11-15(8-20-25)23-18(28)24(4)12-17-16(19)9-22-27(17)6-2/h7-9,11H,5-6,10,12H2,1-4H3,(H,23,28). The van der Waals surface area contributed by atoms with Crippen molar-refractivity contribution in [1.82, 2.24) is 34.2 Å². The van der Waals surface area contributed by atoms with Gasteiger partial charge in [-0.15, -0.1) is 0 Å². The van der Waals surface area contributed by atoms with Crippen molar-refractivity contribution in [2.45, 2.75) is 47.0 Å². The first-order valence-electron chi connectivity index (χ1n) is 9.18. The predicted octanol–water partition coefficient (Wildman–Crippen LogP) is 3.15. The minimum absolute atomic E-state index is 0.571. The van der Waals surface area contributed by atoms with E-state index in [-0.39, 0.29) is 0 Å². The molecule has 3 heterocycles. The molecule has 0 aliphatic rings. The van der Waals surface area contributed by atoms with Gasteiger partial charge >= 0.3 is 0 Å². The van der Waals surface area contributed by atoms with E-state index in [2.05, 4.69) is 34.5 Å². The number of anilines is 1. The summed E-state index contributed by atoms with van der Waals surface area (Å²) in [7, 11) is 1.92. The SMILES string of the molecule is CCn1ncc(Cn2cc(NC(=S)N(C)Cc3c(Cl)cnn3CC)cn2)c1C. The van der Waals surface area contributed by atoms with Crippen LogP contribution in [0.4, 0.5) is 5.69 Å². The first-order chi connectivity index (χ1) is 13.4. The van der Waals surface area contributed by atoms with Crippen LogP contribution in [0.25, 0.3) is 0 Å². The number of nitrogens with zero attached hydrogens (tertiary/aromatic N) is 7. The molecule has 150 valence electrons. The molecule has 0 saturated carbocycles. The van der Waals surface area contributed by atoms with Crippen LogP contribution in [0.2, 0.25) is 5.02 Å². The number of halogens is 1. The van der Waals surface area contributed by atoms with Gasteiger partial charge in [0.25, 0.3) is 0 Å². The molecule has 0 bridgehead atoms. The van der Waals surface area contributed by atoms with Crippen LogP contribution >= 0.6 is 23.8 Å². The zero-order valence-electron chi connectivity index (χ0n) is 16.6. The molecule has 0 fully saturated rings.